The largest absolute Gasteiger partial charge is 0.417 e. The number of nitrogens with one attached hydrogen (secondary N) is 1. The number of hydrogen-bond acceptors (Lipinski definition) is 6. The number of amides is 3. The lowest BCUT2D eigenvalue weighted by Gasteiger charge is -2.35. The number of alkyl halides is 3. The van der Waals surface area contributed by atoms with Crippen molar-refractivity contribution >= 4 is 33.4 Å². The van der Waals surface area contributed by atoms with Gasteiger partial charge in [0.15, 0.2) is 0 Å². The quantitative estimate of drug-likeness (QED) is 0.444. The molecule has 38 heavy (non-hydrogen) atoms. The molecule has 4 rings (SSSR count). The average Bonchev–Trinajstić information content (AvgIpc) is 3.12. The maximum atomic E-state index is 14.8. The van der Waals surface area contributed by atoms with Gasteiger partial charge >= 0.3 is 12.2 Å². The molecule has 202 valence electrons. The van der Waals surface area contributed by atoms with Gasteiger partial charge in [-0.05, 0) is 55.7 Å². The number of fused-ring (bicyclic) bond motifs is 1. The van der Waals surface area contributed by atoms with Crippen molar-refractivity contribution in [1.29, 1.82) is 5.26 Å². The van der Waals surface area contributed by atoms with E-state index in [4.69, 9.17) is 9.44 Å². The Hall–Kier alpha value is -3.70. The molecule has 3 atom stereocenters. The van der Waals surface area contributed by atoms with E-state index < -0.39 is 63.4 Å². The van der Waals surface area contributed by atoms with Crippen LogP contribution in [0, 0.1) is 17.1 Å². The number of anilines is 2. The van der Waals surface area contributed by atoms with Crippen LogP contribution in [-0.2, 0) is 20.5 Å². The number of rotatable bonds is 5. The molecule has 3 unspecified atom stereocenters. The van der Waals surface area contributed by atoms with Gasteiger partial charge in [-0.1, -0.05) is 0 Å². The molecule has 2 fully saturated rings. The number of urea groups is 1. The van der Waals surface area contributed by atoms with Gasteiger partial charge in [0.25, 0.3) is 16.0 Å². The van der Waals surface area contributed by atoms with Crippen LogP contribution in [-0.4, -0.2) is 51.8 Å². The minimum Gasteiger partial charge on any atom is -0.355 e. The van der Waals surface area contributed by atoms with E-state index in [0.717, 1.165) is 23.3 Å². The molecule has 1 heterocycles. The molecule has 3 amide bonds. The zero-order chi connectivity index (χ0) is 28.0. The fourth-order valence-electron chi connectivity index (χ4n) is 5.00. The molecule has 9 nitrogen and oxygen atoms in total. The van der Waals surface area contributed by atoms with Gasteiger partial charge in [-0.2, -0.15) is 26.9 Å². The smallest absolute Gasteiger partial charge is 0.355 e. The molecule has 2 aromatic carbocycles. The summed E-state index contributed by atoms with van der Waals surface area (Å²) in [4.78, 5) is 27.9. The fraction of sp³-hybridized carbons (Fsp3) is 0.375. The van der Waals surface area contributed by atoms with Gasteiger partial charge in [0.1, 0.15) is 5.82 Å². The summed E-state index contributed by atoms with van der Waals surface area (Å²) >= 11 is 0. The number of benzene rings is 2. The van der Waals surface area contributed by atoms with E-state index in [1.165, 1.54) is 36.2 Å². The molecule has 14 heteroatoms. The third-order valence-electron chi connectivity index (χ3n) is 6.53. The van der Waals surface area contributed by atoms with Crippen LogP contribution in [0.3, 0.4) is 0 Å². The van der Waals surface area contributed by atoms with Crippen molar-refractivity contribution in [3.63, 3.8) is 0 Å². The maximum Gasteiger partial charge on any atom is 0.417 e. The van der Waals surface area contributed by atoms with Crippen LogP contribution >= 0.6 is 0 Å². The van der Waals surface area contributed by atoms with Crippen molar-refractivity contribution in [2.24, 2.45) is 0 Å². The predicted octanol–water partition coefficient (Wildman–Crippen LogP) is 3.79. The van der Waals surface area contributed by atoms with Crippen molar-refractivity contribution < 1.29 is 39.8 Å². The van der Waals surface area contributed by atoms with Crippen LogP contribution in [0.25, 0.3) is 0 Å². The third kappa shape index (κ3) is 5.16. The van der Waals surface area contributed by atoms with Gasteiger partial charge < -0.3 is 5.32 Å². The maximum absolute atomic E-state index is 14.8. The molecule has 0 aromatic heterocycles. The van der Waals surface area contributed by atoms with E-state index in [-0.39, 0.29) is 36.2 Å². The molecule has 1 saturated carbocycles. The van der Waals surface area contributed by atoms with Gasteiger partial charge in [0, 0.05) is 18.4 Å². The lowest BCUT2D eigenvalue weighted by Crippen LogP contribution is -2.45. The Morgan fingerprint density at radius 2 is 1.74 bits per heavy atom. The zero-order valence-corrected chi connectivity index (χ0v) is 20.9. The molecule has 0 bridgehead atoms. The van der Waals surface area contributed by atoms with Crippen LogP contribution in [0.15, 0.2) is 36.4 Å². The Labute approximate surface area is 215 Å². The average molecular weight is 555 g/mol. The summed E-state index contributed by atoms with van der Waals surface area (Å²) < 4.78 is 84.3. The molecule has 2 aliphatic rings. The van der Waals surface area contributed by atoms with Crippen molar-refractivity contribution in [3.05, 3.63) is 58.9 Å². The number of hydrogen-bond donors (Lipinski definition) is 1. The second-order valence-electron chi connectivity index (χ2n) is 8.98. The highest BCUT2D eigenvalue weighted by Crippen LogP contribution is 2.43. The first kappa shape index (κ1) is 27.3. The van der Waals surface area contributed by atoms with Crippen molar-refractivity contribution in [2.45, 2.75) is 43.6 Å². The molecule has 1 saturated heterocycles. The summed E-state index contributed by atoms with van der Waals surface area (Å²) in [5.74, 6) is -1.63. The summed E-state index contributed by atoms with van der Waals surface area (Å²) in [6, 6.07) is 5.58. The summed E-state index contributed by atoms with van der Waals surface area (Å²) in [5.41, 5.74) is -2.19. The van der Waals surface area contributed by atoms with Gasteiger partial charge in [-0.25, -0.2) is 9.18 Å². The standard InChI is InChI=1S/C24H22F4N4O5S/c1-30-22(33)17-7-5-15(10-19(17)25)32-21-11-16(37-38(2,35)36)6-8-20(21)31(23(32)34)14-4-3-13(12-29)18(9-14)24(26,27)28/h3-5,7,9-10,16,20-21H,6,8,11H2,1-2H3,(H,30,33). The highest BCUT2D eigenvalue weighted by atomic mass is 32.2. The van der Waals surface area contributed by atoms with Gasteiger partial charge in [0.2, 0.25) is 0 Å². The molecular formula is C24H22F4N4O5S. The highest BCUT2D eigenvalue weighted by molar-refractivity contribution is 7.86. The third-order valence-corrected chi connectivity index (χ3v) is 7.15. The van der Waals surface area contributed by atoms with Gasteiger partial charge in [-0.3, -0.25) is 18.8 Å². The van der Waals surface area contributed by atoms with Crippen molar-refractivity contribution in [3.8, 4) is 6.07 Å². The molecule has 1 N–H and O–H groups in total. The van der Waals surface area contributed by atoms with E-state index in [0.29, 0.717) is 6.07 Å². The number of nitriles is 1. The Morgan fingerprint density at radius 1 is 1.11 bits per heavy atom. The normalized spacial score (nSPS) is 21.7. The molecule has 0 radical (unpaired) electrons. The Bertz CT molecular complexity index is 1440. The SMILES string of the molecule is CNC(=O)c1ccc(N2C(=O)N(c3ccc(C#N)c(C(F)(F)F)c3)C3CCC(OS(C)(=O)=O)CC32)cc1F. The van der Waals surface area contributed by atoms with E-state index in [9.17, 15) is 35.6 Å². The first-order valence-corrected chi connectivity index (χ1v) is 13.2. The van der Waals surface area contributed by atoms with Crippen molar-refractivity contribution in [2.75, 3.05) is 23.1 Å². The Balaban J connectivity index is 1.80. The predicted molar refractivity (Wildman–Crippen MR) is 127 cm³/mol. The Kier molecular flexibility index (Phi) is 7.11. The van der Waals surface area contributed by atoms with E-state index >= 15 is 0 Å². The fourth-order valence-corrected chi connectivity index (χ4v) is 5.67. The first-order chi connectivity index (χ1) is 17.7. The lowest BCUT2D eigenvalue weighted by molar-refractivity contribution is -0.137. The highest BCUT2D eigenvalue weighted by Gasteiger charge is 2.51. The van der Waals surface area contributed by atoms with Crippen molar-refractivity contribution in [1.82, 2.24) is 5.32 Å². The number of carbonyl (C=O) groups excluding carboxylic acids is 2. The molecule has 0 spiro atoms. The minimum absolute atomic E-state index is 0.00119. The molecule has 1 aliphatic heterocycles. The second-order valence-corrected chi connectivity index (χ2v) is 10.6. The second kappa shape index (κ2) is 9.88. The van der Waals surface area contributed by atoms with Crippen LogP contribution < -0.4 is 15.1 Å². The van der Waals surface area contributed by atoms with Crippen LogP contribution in [0.1, 0.15) is 40.7 Å². The first-order valence-electron chi connectivity index (χ1n) is 11.4. The summed E-state index contributed by atoms with van der Waals surface area (Å²) in [6.45, 7) is 0. The Morgan fingerprint density at radius 3 is 2.32 bits per heavy atom. The topological polar surface area (TPSA) is 120 Å². The summed E-state index contributed by atoms with van der Waals surface area (Å²) in [6.07, 6.45) is -4.43. The minimum atomic E-state index is -4.86. The molecule has 2 aromatic rings. The van der Waals surface area contributed by atoms with E-state index in [2.05, 4.69) is 5.32 Å². The van der Waals surface area contributed by atoms with Gasteiger partial charge in [0.05, 0.1) is 47.2 Å². The van der Waals surface area contributed by atoms with E-state index in [1.54, 1.807) is 0 Å². The van der Waals surface area contributed by atoms with E-state index in [1.807, 2.05) is 0 Å². The van der Waals surface area contributed by atoms with Crippen LogP contribution in [0.4, 0.5) is 33.7 Å². The van der Waals surface area contributed by atoms with Crippen LogP contribution in [0.2, 0.25) is 0 Å². The van der Waals surface area contributed by atoms with Gasteiger partial charge in [-0.15, -0.1) is 0 Å². The number of nitrogens with zero attached hydrogens (tertiary/aromatic N) is 3. The summed E-state index contributed by atoms with van der Waals surface area (Å²) in [7, 11) is -2.53. The lowest BCUT2D eigenvalue weighted by atomic mass is 9.87. The monoisotopic (exact) mass is 554 g/mol. The zero-order valence-electron chi connectivity index (χ0n) is 20.1. The molecule has 1 aliphatic carbocycles. The number of carbonyl (C=O) groups is 2. The molecular weight excluding hydrogens is 532 g/mol. The summed E-state index contributed by atoms with van der Waals surface area (Å²) in [5, 5.41) is 11.4. The number of halogens is 4. The van der Waals surface area contributed by atoms with Crippen LogP contribution in [0.5, 0.6) is 0 Å².